The van der Waals surface area contributed by atoms with Crippen molar-refractivity contribution in [1.29, 1.82) is 0 Å². The Bertz CT molecular complexity index is 1130. The van der Waals surface area contributed by atoms with Crippen LogP contribution in [-0.2, 0) is 9.84 Å². The van der Waals surface area contributed by atoms with E-state index in [-0.39, 0.29) is 16.2 Å². The first-order chi connectivity index (χ1) is 13.3. The zero-order chi connectivity index (χ0) is 20.3. The van der Waals surface area contributed by atoms with Crippen molar-refractivity contribution in [3.63, 3.8) is 0 Å². The summed E-state index contributed by atoms with van der Waals surface area (Å²) < 4.78 is 25.5. The van der Waals surface area contributed by atoms with Gasteiger partial charge in [0.05, 0.1) is 16.3 Å². The molecular weight excluding hydrogens is 396 g/mol. The minimum Gasteiger partial charge on any atom is -0.366 e. The lowest BCUT2D eigenvalue weighted by molar-refractivity contribution is 0.1000. The standard InChI is InChI=1S/C21H19ClN2O3S/c1-2-11-28(26,27)20-9-7-15(21(23)25)13-16(20)14-6-8-18(22)17(12-14)19-5-3-4-10-24-19/h3-10,12-13H,2,11H2,1H3,(H2,23,25). The smallest absolute Gasteiger partial charge is 0.248 e. The first kappa shape index (κ1) is 20.0. The summed E-state index contributed by atoms with van der Waals surface area (Å²) in [5.41, 5.74) is 8.00. The molecule has 0 radical (unpaired) electrons. The largest absolute Gasteiger partial charge is 0.366 e. The summed E-state index contributed by atoms with van der Waals surface area (Å²) >= 11 is 6.35. The molecule has 144 valence electrons. The summed E-state index contributed by atoms with van der Waals surface area (Å²) in [6.07, 6.45) is 2.14. The third-order valence-corrected chi connectivity index (χ3v) is 6.59. The number of pyridine rings is 1. The highest BCUT2D eigenvalue weighted by molar-refractivity contribution is 7.91. The number of hydrogen-bond acceptors (Lipinski definition) is 4. The molecule has 7 heteroatoms. The monoisotopic (exact) mass is 414 g/mol. The Morgan fingerprint density at radius 3 is 2.50 bits per heavy atom. The SMILES string of the molecule is CCCS(=O)(=O)c1ccc(C(N)=O)cc1-c1ccc(Cl)c(-c2ccccn2)c1. The van der Waals surface area contributed by atoms with Crippen LogP contribution in [0.25, 0.3) is 22.4 Å². The summed E-state index contributed by atoms with van der Waals surface area (Å²) in [6.45, 7) is 1.80. The predicted octanol–water partition coefficient (Wildman–Crippen LogP) is 4.35. The van der Waals surface area contributed by atoms with Crippen molar-refractivity contribution in [1.82, 2.24) is 4.98 Å². The molecule has 0 fully saturated rings. The quantitative estimate of drug-likeness (QED) is 0.649. The second kappa shape index (κ2) is 8.12. The van der Waals surface area contributed by atoms with E-state index in [1.54, 1.807) is 37.4 Å². The van der Waals surface area contributed by atoms with Crippen molar-refractivity contribution in [2.45, 2.75) is 18.2 Å². The van der Waals surface area contributed by atoms with Crippen LogP contribution in [0.2, 0.25) is 5.02 Å². The molecule has 0 unspecified atom stereocenters. The predicted molar refractivity (Wildman–Crippen MR) is 111 cm³/mol. The van der Waals surface area contributed by atoms with Crippen molar-refractivity contribution in [2.75, 3.05) is 5.75 Å². The Labute approximate surface area is 169 Å². The molecule has 2 aromatic carbocycles. The fourth-order valence-corrected chi connectivity index (χ4v) is 4.73. The van der Waals surface area contributed by atoms with Gasteiger partial charge in [-0.15, -0.1) is 0 Å². The van der Waals surface area contributed by atoms with E-state index < -0.39 is 15.7 Å². The minimum absolute atomic E-state index is 0.0105. The fraction of sp³-hybridized carbons (Fsp3) is 0.143. The first-order valence-electron chi connectivity index (χ1n) is 8.71. The summed E-state index contributed by atoms with van der Waals surface area (Å²) in [4.78, 5) is 16.1. The van der Waals surface area contributed by atoms with Crippen LogP contribution in [-0.4, -0.2) is 25.1 Å². The second-order valence-corrected chi connectivity index (χ2v) is 8.79. The molecule has 3 rings (SSSR count). The number of rotatable bonds is 6. The highest BCUT2D eigenvalue weighted by atomic mass is 35.5. The lowest BCUT2D eigenvalue weighted by Gasteiger charge is -2.13. The van der Waals surface area contributed by atoms with Gasteiger partial charge in [0.15, 0.2) is 9.84 Å². The number of sulfone groups is 1. The maximum atomic E-state index is 12.8. The zero-order valence-electron chi connectivity index (χ0n) is 15.2. The maximum Gasteiger partial charge on any atom is 0.248 e. The number of nitrogens with two attached hydrogens (primary N) is 1. The van der Waals surface area contributed by atoms with Gasteiger partial charge < -0.3 is 5.73 Å². The number of carbonyl (C=O) groups excluding carboxylic acids is 1. The number of benzene rings is 2. The number of primary amides is 1. The minimum atomic E-state index is -3.52. The molecule has 1 amide bonds. The van der Waals surface area contributed by atoms with Crippen LogP contribution < -0.4 is 5.73 Å². The Kier molecular flexibility index (Phi) is 5.82. The van der Waals surface area contributed by atoms with E-state index in [1.165, 1.54) is 18.2 Å². The second-order valence-electron chi connectivity index (χ2n) is 6.30. The van der Waals surface area contributed by atoms with Crippen LogP contribution in [0, 0.1) is 0 Å². The molecule has 3 aromatic rings. The van der Waals surface area contributed by atoms with E-state index in [9.17, 15) is 13.2 Å². The van der Waals surface area contributed by atoms with Gasteiger partial charge in [-0.1, -0.05) is 30.7 Å². The van der Waals surface area contributed by atoms with Gasteiger partial charge in [-0.25, -0.2) is 8.42 Å². The lowest BCUT2D eigenvalue weighted by Crippen LogP contribution is -2.13. The molecular formula is C21H19ClN2O3S. The Hall–Kier alpha value is -2.70. The molecule has 2 N–H and O–H groups in total. The number of halogens is 1. The topological polar surface area (TPSA) is 90.1 Å². The van der Waals surface area contributed by atoms with Crippen LogP contribution in [0.3, 0.4) is 0 Å². The number of carbonyl (C=O) groups is 1. The van der Waals surface area contributed by atoms with Crippen LogP contribution in [0.4, 0.5) is 0 Å². The molecule has 5 nitrogen and oxygen atoms in total. The Morgan fingerprint density at radius 2 is 1.86 bits per heavy atom. The highest BCUT2D eigenvalue weighted by Gasteiger charge is 2.21. The first-order valence-corrected chi connectivity index (χ1v) is 10.7. The van der Waals surface area contributed by atoms with Gasteiger partial charge in [0.25, 0.3) is 0 Å². The zero-order valence-corrected chi connectivity index (χ0v) is 16.8. The van der Waals surface area contributed by atoms with Gasteiger partial charge in [0, 0.05) is 27.9 Å². The molecule has 1 aromatic heterocycles. The van der Waals surface area contributed by atoms with Crippen LogP contribution >= 0.6 is 11.6 Å². The van der Waals surface area contributed by atoms with Crippen LogP contribution in [0.5, 0.6) is 0 Å². The lowest BCUT2D eigenvalue weighted by atomic mass is 9.99. The molecule has 0 aliphatic heterocycles. The number of amides is 1. The van der Waals surface area contributed by atoms with Crippen molar-refractivity contribution in [3.05, 3.63) is 71.4 Å². The summed E-state index contributed by atoms with van der Waals surface area (Å²) in [6, 6.07) is 15.0. The third kappa shape index (κ3) is 4.08. The van der Waals surface area contributed by atoms with E-state index >= 15 is 0 Å². The average Bonchev–Trinajstić information content (AvgIpc) is 2.68. The fourth-order valence-electron chi connectivity index (χ4n) is 2.97. The molecule has 0 atom stereocenters. The molecule has 0 spiro atoms. The van der Waals surface area contributed by atoms with Gasteiger partial charge in [-0.2, -0.15) is 0 Å². The molecule has 28 heavy (non-hydrogen) atoms. The molecule has 0 aliphatic carbocycles. The molecule has 0 saturated carbocycles. The molecule has 0 bridgehead atoms. The van der Waals surface area contributed by atoms with Crippen molar-refractivity contribution >= 4 is 27.3 Å². The normalized spacial score (nSPS) is 11.4. The maximum absolute atomic E-state index is 12.8. The van der Waals surface area contributed by atoms with Crippen molar-refractivity contribution in [3.8, 4) is 22.4 Å². The van der Waals surface area contributed by atoms with E-state index in [0.717, 1.165) is 0 Å². The molecule has 0 aliphatic rings. The van der Waals surface area contributed by atoms with Crippen molar-refractivity contribution in [2.24, 2.45) is 5.73 Å². The van der Waals surface area contributed by atoms with Gasteiger partial charge >= 0.3 is 0 Å². The Balaban J connectivity index is 2.25. The molecule has 0 saturated heterocycles. The van der Waals surface area contributed by atoms with Gasteiger partial charge in [0.2, 0.25) is 5.91 Å². The van der Waals surface area contributed by atoms with E-state index in [4.69, 9.17) is 17.3 Å². The van der Waals surface area contributed by atoms with Crippen LogP contribution in [0.15, 0.2) is 65.7 Å². The Morgan fingerprint density at radius 1 is 1.07 bits per heavy atom. The number of nitrogens with zero attached hydrogens (tertiary/aromatic N) is 1. The molecule has 1 heterocycles. The van der Waals surface area contributed by atoms with Gasteiger partial charge in [0.1, 0.15) is 0 Å². The van der Waals surface area contributed by atoms with Gasteiger partial charge in [-0.3, -0.25) is 9.78 Å². The van der Waals surface area contributed by atoms with Crippen molar-refractivity contribution < 1.29 is 13.2 Å². The number of hydrogen-bond donors (Lipinski definition) is 1. The average molecular weight is 415 g/mol. The van der Waals surface area contributed by atoms with Gasteiger partial charge in [-0.05, 0) is 54.4 Å². The summed E-state index contributed by atoms with van der Waals surface area (Å²) in [7, 11) is -3.52. The third-order valence-electron chi connectivity index (χ3n) is 4.29. The number of aromatic nitrogens is 1. The summed E-state index contributed by atoms with van der Waals surface area (Å²) in [5, 5.41) is 0.492. The summed E-state index contributed by atoms with van der Waals surface area (Å²) in [5.74, 6) is -0.615. The highest BCUT2D eigenvalue weighted by Crippen LogP contribution is 2.35. The van der Waals surface area contributed by atoms with Crippen LogP contribution in [0.1, 0.15) is 23.7 Å². The van der Waals surface area contributed by atoms with E-state index in [0.29, 0.717) is 33.8 Å². The van der Waals surface area contributed by atoms with E-state index in [1.807, 2.05) is 12.1 Å². The van der Waals surface area contributed by atoms with E-state index in [2.05, 4.69) is 4.98 Å².